The maximum atomic E-state index is 14.3. The van der Waals surface area contributed by atoms with Crippen molar-refractivity contribution >= 4 is 22.8 Å². The topological polar surface area (TPSA) is 154 Å². The monoisotopic (exact) mass is 564 g/mol. The number of benzene rings is 1. The molecule has 40 heavy (non-hydrogen) atoms. The second kappa shape index (κ2) is 13.7. The lowest BCUT2D eigenvalue weighted by atomic mass is 10.1. The molecule has 1 fully saturated rings. The predicted molar refractivity (Wildman–Crippen MR) is 140 cm³/mol. The molecule has 1 amide bonds. The molecule has 2 aromatic heterocycles. The maximum absolute atomic E-state index is 14.3. The van der Waals surface area contributed by atoms with Gasteiger partial charge >= 0.3 is 11.6 Å². The Morgan fingerprint density at radius 2 is 1.77 bits per heavy atom. The van der Waals surface area contributed by atoms with E-state index in [0.29, 0.717) is 17.6 Å². The van der Waals surface area contributed by atoms with E-state index < -0.39 is 36.7 Å². The van der Waals surface area contributed by atoms with Crippen LogP contribution in [0.5, 0.6) is 0 Å². The molecule has 3 atom stereocenters. The molecule has 1 saturated heterocycles. The highest BCUT2D eigenvalue weighted by atomic mass is 19.3. The Morgan fingerprint density at radius 1 is 1.07 bits per heavy atom. The van der Waals surface area contributed by atoms with Gasteiger partial charge in [0.05, 0.1) is 6.61 Å². The second-order valence-electron chi connectivity index (χ2n) is 9.74. The van der Waals surface area contributed by atoms with Gasteiger partial charge in [0.25, 0.3) is 0 Å². The number of ether oxygens (including phenoxy) is 1. The van der Waals surface area contributed by atoms with Crippen LogP contribution < -0.4 is 15.8 Å². The normalized spacial score (nSPS) is 20.1. The highest BCUT2D eigenvalue weighted by molar-refractivity contribution is 5.89. The SMILES string of the molecule is O=C(CCCCCCCCCCOn1nnc2ccccc21)Nc1ccn([C@@H]2O[C@H](CO)[C@@H](O)C2(F)F)c(=O)n1. The molecule has 3 aromatic rings. The molecule has 3 heterocycles. The van der Waals surface area contributed by atoms with Crippen LogP contribution in [-0.4, -0.2) is 72.2 Å². The van der Waals surface area contributed by atoms with Crippen molar-refractivity contribution in [2.45, 2.75) is 82.1 Å². The van der Waals surface area contributed by atoms with E-state index in [1.807, 2.05) is 24.3 Å². The van der Waals surface area contributed by atoms with Gasteiger partial charge in [0, 0.05) is 12.6 Å². The smallest absolute Gasteiger partial charge is 0.351 e. The van der Waals surface area contributed by atoms with Gasteiger partial charge in [0.15, 0.2) is 6.10 Å². The van der Waals surface area contributed by atoms with E-state index >= 15 is 0 Å². The van der Waals surface area contributed by atoms with Crippen LogP contribution in [0.15, 0.2) is 41.3 Å². The van der Waals surface area contributed by atoms with Crippen molar-refractivity contribution in [3.63, 3.8) is 0 Å². The average Bonchev–Trinajstić information content (AvgIpc) is 3.45. The Kier molecular flexibility index (Phi) is 10.1. The molecular weight excluding hydrogens is 530 g/mol. The van der Waals surface area contributed by atoms with Crippen molar-refractivity contribution in [3.8, 4) is 0 Å². The zero-order valence-corrected chi connectivity index (χ0v) is 22.0. The Balaban J connectivity index is 1.06. The maximum Gasteiger partial charge on any atom is 0.351 e. The molecule has 0 saturated carbocycles. The van der Waals surface area contributed by atoms with Crippen LogP contribution in [0.4, 0.5) is 14.6 Å². The molecule has 1 aromatic carbocycles. The number of carbonyl (C=O) groups excluding carboxylic acids is 1. The summed E-state index contributed by atoms with van der Waals surface area (Å²) in [6.07, 6.45) is 3.13. The van der Waals surface area contributed by atoms with Crippen LogP contribution in [0.3, 0.4) is 0 Å². The summed E-state index contributed by atoms with van der Waals surface area (Å²) in [4.78, 5) is 35.2. The molecular formula is C26H34F2N6O6. The number of hydrogen-bond acceptors (Lipinski definition) is 9. The summed E-state index contributed by atoms with van der Waals surface area (Å²) in [7, 11) is 0. The molecule has 0 bridgehead atoms. The minimum absolute atomic E-state index is 0.0622. The quantitative estimate of drug-likeness (QED) is 0.236. The van der Waals surface area contributed by atoms with Crippen molar-refractivity contribution in [1.82, 2.24) is 24.7 Å². The Morgan fingerprint density at radius 3 is 2.48 bits per heavy atom. The molecule has 0 aliphatic carbocycles. The van der Waals surface area contributed by atoms with Gasteiger partial charge in [0.2, 0.25) is 12.1 Å². The van der Waals surface area contributed by atoms with Gasteiger partial charge in [-0.15, -0.1) is 5.10 Å². The second-order valence-corrected chi connectivity index (χ2v) is 9.74. The molecule has 4 rings (SSSR count). The molecule has 0 unspecified atom stereocenters. The van der Waals surface area contributed by atoms with Crippen LogP contribution in [0.25, 0.3) is 11.0 Å². The summed E-state index contributed by atoms with van der Waals surface area (Å²) in [5.41, 5.74) is 0.568. The Labute approximate surface area is 228 Å². The standard InChI is InChI=1S/C26H34F2N6O6/c27-26(28)23(37)20(17-35)40-24(26)33-15-14-21(30-25(33)38)29-22(36)13-7-5-3-1-2-4-6-10-16-39-34-19-12-9-8-11-18(19)31-32-34/h8-9,11-12,14-15,20,23-24,35,37H,1-7,10,13,16-17H2,(H,29,30,36,38)/t20-,23-,24-/m1/s1. The van der Waals surface area contributed by atoms with Crippen LogP contribution in [0.2, 0.25) is 0 Å². The van der Waals surface area contributed by atoms with Crippen molar-refractivity contribution in [1.29, 1.82) is 0 Å². The van der Waals surface area contributed by atoms with Crippen molar-refractivity contribution in [3.05, 3.63) is 47.0 Å². The van der Waals surface area contributed by atoms with E-state index in [1.54, 1.807) is 0 Å². The molecule has 14 heteroatoms. The van der Waals surface area contributed by atoms with Crippen LogP contribution in [0, 0.1) is 0 Å². The van der Waals surface area contributed by atoms with Gasteiger partial charge < -0.3 is 25.1 Å². The number of aliphatic hydroxyl groups excluding tert-OH is 2. The van der Waals surface area contributed by atoms with Crippen LogP contribution >= 0.6 is 0 Å². The van der Waals surface area contributed by atoms with Gasteiger partial charge in [-0.3, -0.25) is 9.36 Å². The van der Waals surface area contributed by atoms with Crippen molar-refractivity contribution in [2.24, 2.45) is 0 Å². The number of halogens is 2. The first-order chi connectivity index (χ1) is 19.3. The number of para-hydroxylation sites is 1. The molecule has 218 valence electrons. The van der Waals surface area contributed by atoms with E-state index in [9.17, 15) is 23.5 Å². The molecule has 1 aliphatic heterocycles. The van der Waals surface area contributed by atoms with E-state index in [0.717, 1.165) is 62.2 Å². The number of rotatable bonds is 15. The van der Waals surface area contributed by atoms with Crippen molar-refractivity contribution in [2.75, 3.05) is 18.5 Å². The first-order valence-electron chi connectivity index (χ1n) is 13.5. The lowest BCUT2D eigenvalue weighted by molar-refractivity contribution is -0.141. The van der Waals surface area contributed by atoms with Crippen LogP contribution in [0.1, 0.15) is 64.0 Å². The van der Waals surface area contributed by atoms with Gasteiger partial charge in [0.1, 0.15) is 29.6 Å². The summed E-state index contributed by atoms with van der Waals surface area (Å²) in [6.45, 7) is -0.261. The van der Waals surface area contributed by atoms with E-state index in [-0.39, 0.29) is 18.1 Å². The highest BCUT2D eigenvalue weighted by Gasteiger charge is 2.59. The van der Waals surface area contributed by atoms with E-state index in [1.165, 1.54) is 10.9 Å². The fourth-order valence-corrected chi connectivity index (χ4v) is 4.53. The number of hydrogen-bond donors (Lipinski definition) is 3. The average molecular weight is 565 g/mol. The minimum Gasteiger partial charge on any atom is -0.395 e. The number of unbranched alkanes of at least 4 members (excludes halogenated alkanes) is 7. The number of carbonyl (C=O) groups is 1. The summed E-state index contributed by atoms with van der Waals surface area (Å²) in [5.74, 6) is -4.19. The number of nitrogens with one attached hydrogen (secondary N) is 1. The lowest BCUT2D eigenvalue weighted by Gasteiger charge is -2.21. The zero-order chi connectivity index (χ0) is 28.5. The van der Waals surface area contributed by atoms with Crippen molar-refractivity contribution < 1.29 is 33.4 Å². The third kappa shape index (κ3) is 7.17. The summed E-state index contributed by atoms with van der Waals surface area (Å²) in [6, 6.07) is 8.82. The van der Waals surface area contributed by atoms with E-state index in [4.69, 9.17) is 14.7 Å². The number of amides is 1. The molecule has 12 nitrogen and oxygen atoms in total. The number of fused-ring (bicyclic) bond motifs is 1. The fraction of sp³-hybridized carbons (Fsp3) is 0.577. The summed E-state index contributed by atoms with van der Waals surface area (Å²) in [5, 5.41) is 29.3. The summed E-state index contributed by atoms with van der Waals surface area (Å²) < 4.78 is 34.0. The third-order valence-corrected chi connectivity index (χ3v) is 6.74. The fourth-order valence-electron chi connectivity index (χ4n) is 4.53. The van der Waals surface area contributed by atoms with Gasteiger partial charge in [-0.25, -0.2) is 4.79 Å². The Hall–Kier alpha value is -3.49. The predicted octanol–water partition coefficient (Wildman–Crippen LogP) is 2.45. The summed E-state index contributed by atoms with van der Waals surface area (Å²) >= 11 is 0. The number of anilines is 1. The largest absolute Gasteiger partial charge is 0.395 e. The van der Waals surface area contributed by atoms with E-state index in [2.05, 4.69) is 20.6 Å². The first kappa shape index (κ1) is 29.5. The Bertz CT molecular complexity index is 1320. The van der Waals surface area contributed by atoms with Gasteiger partial charge in [-0.1, -0.05) is 49.1 Å². The van der Waals surface area contributed by atoms with Gasteiger partial charge in [-0.2, -0.15) is 13.8 Å². The highest BCUT2D eigenvalue weighted by Crippen LogP contribution is 2.41. The minimum atomic E-state index is -3.80. The number of aliphatic hydroxyl groups is 2. The number of nitrogens with zero attached hydrogens (tertiary/aromatic N) is 5. The number of alkyl halides is 2. The molecule has 1 aliphatic rings. The third-order valence-electron chi connectivity index (χ3n) is 6.74. The van der Waals surface area contributed by atoms with Crippen LogP contribution in [-0.2, 0) is 9.53 Å². The molecule has 0 radical (unpaired) electrons. The zero-order valence-electron chi connectivity index (χ0n) is 22.0. The lowest BCUT2D eigenvalue weighted by Crippen LogP contribution is -2.41. The first-order valence-corrected chi connectivity index (χ1v) is 13.5. The number of aromatic nitrogens is 5. The van der Waals surface area contributed by atoms with Gasteiger partial charge in [-0.05, 0) is 42.7 Å². The molecule has 3 N–H and O–H groups in total. The molecule has 0 spiro atoms.